The molecule has 1 fully saturated rings. The summed E-state index contributed by atoms with van der Waals surface area (Å²) in [6.07, 6.45) is 4.63. The predicted octanol–water partition coefficient (Wildman–Crippen LogP) is 2.76. The Hall–Kier alpha value is -1.13. The zero-order chi connectivity index (χ0) is 14.4. The van der Waals surface area contributed by atoms with Crippen molar-refractivity contribution in [2.45, 2.75) is 39.3 Å². The van der Waals surface area contributed by atoms with Crippen molar-refractivity contribution in [2.75, 3.05) is 32.1 Å². The third kappa shape index (κ3) is 4.46. The van der Waals surface area contributed by atoms with Gasteiger partial charge >= 0.3 is 0 Å². The molecule has 1 aromatic heterocycles. The van der Waals surface area contributed by atoms with Crippen LogP contribution in [0.4, 0.5) is 5.69 Å². The minimum atomic E-state index is 0.620. The summed E-state index contributed by atoms with van der Waals surface area (Å²) in [6, 6.07) is 4.80. The van der Waals surface area contributed by atoms with Gasteiger partial charge in [-0.15, -0.1) is 0 Å². The smallest absolute Gasteiger partial charge is 0.0589 e. The molecule has 1 heterocycles. The molecule has 0 aromatic carbocycles. The number of nitrogens with zero attached hydrogens (tertiary/aromatic N) is 2. The van der Waals surface area contributed by atoms with Crippen LogP contribution in [0.1, 0.15) is 32.4 Å². The molecular formula is C16H27N3O. The summed E-state index contributed by atoms with van der Waals surface area (Å²) in [7, 11) is 1.77. The van der Waals surface area contributed by atoms with E-state index < -0.39 is 0 Å². The molecule has 0 spiro atoms. The van der Waals surface area contributed by atoms with Crippen molar-refractivity contribution in [3.63, 3.8) is 0 Å². The first kappa shape index (κ1) is 15.3. The van der Waals surface area contributed by atoms with Crippen molar-refractivity contribution in [2.24, 2.45) is 5.92 Å². The Morgan fingerprint density at radius 2 is 2.30 bits per heavy atom. The number of hydrogen-bond donors (Lipinski definition) is 1. The van der Waals surface area contributed by atoms with Crippen molar-refractivity contribution in [3.8, 4) is 0 Å². The number of aromatic nitrogens is 1. The zero-order valence-corrected chi connectivity index (χ0v) is 12.9. The monoisotopic (exact) mass is 277 g/mol. The lowest BCUT2D eigenvalue weighted by atomic mass is 10.1. The molecule has 0 bridgehead atoms. The van der Waals surface area contributed by atoms with Crippen LogP contribution in [0.2, 0.25) is 0 Å². The van der Waals surface area contributed by atoms with Crippen molar-refractivity contribution in [1.29, 1.82) is 0 Å². The maximum atomic E-state index is 5.25. The molecule has 4 nitrogen and oxygen atoms in total. The summed E-state index contributed by atoms with van der Waals surface area (Å²) in [5, 5.41) is 3.35. The molecule has 4 heteroatoms. The highest BCUT2D eigenvalue weighted by Gasteiger charge is 2.31. The second kappa shape index (κ2) is 7.60. The topological polar surface area (TPSA) is 37.4 Å². The summed E-state index contributed by atoms with van der Waals surface area (Å²) in [5.41, 5.74) is 2.29. The molecular weight excluding hydrogens is 250 g/mol. The average molecular weight is 277 g/mol. The SMILES string of the molecule is CCNc1ccnc(CN(CCOC)C(C)C2CC2)c1. The molecule has 1 unspecified atom stereocenters. The molecule has 0 saturated heterocycles. The Balaban J connectivity index is 1.99. The van der Waals surface area contributed by atoms with Gasteiger partial charge in [0.1, 0.15) is 0 Å². The third-order valence-corrected chi connectivity index (χ3v) is 4.03. The highest BCUT2D eigenvalue weighted by molar-refractivity contribution is 5.42. The van der Waals surface area contributed by atoms with Crippen molar-refractivity contribution in [1.82, 2.24) is 9.88 Å². The maximum absolute atomic E-state index is 5.25. The largest absolute Gasteiger partial charge is 0.385 e. The van der Waals surface area contributed by atoms with Crippen LogP contribution in [0.5, 0.6) is 0 Å². The van der Waals surface area contributed by atoms with Crippen LogP contribution in [0.25, 0.3) is 0 Å². The lowest BCUT2D eigenvalue weighted by Gasteiger charge is -2.28. The van der Waals surface area contributed by atoms with Gasteiger partial charge in [-0.3, -0.25) is 9.88 Å². The summed E-state index contributed by atoms with van der Waals surface area (Å²) >= 11 is 0. The van der Waals surface area contributed by atoms with Crippen LogP contribution in [-0.2, 0) is 11.3 Å². The first-order valence-corrected chi connectivity index (χ1v) is 7.66. The second-order valence-corrected chi connectivity index (χ2v) is 5.61. The highest BCUT2D eigenvalue weighted by Crippen LogP contribution is 2.35. The van der Waals surface area contributed by atoms with Crippen LogP contribution in [-0.4, -0.2) is 42.7 Å². The van der Waals surface area contributed by atoms with Gasteiger partial charge in [0.2, 0.25) is 0 Å². The van der Waals surface area contributed by atoms with Gasteiger partial charge < -0.3 is 10.1 Å². The van der Waals surface area contributed by atoms with E-state index >= 15 is 0 Å². The molecule has 0 aliphatic heterocycles. The van der Waals surface area contributed by atoms with E-state index in [0.717, 1.165) is 43.5 Å². The molecule has 0 radical (unpaired) electrons. The van der Waals surface area contributed by atoms with E-state index in [-0.39, 0.29) is 0 Å². The Labute approximate surface area is 122 Å². The maximum Gasteiger partial charge on any atom is 0.0589 e. The molecule has 1 aromatic rings. The van der Waals surface area contributed by atoms with Gasteiger partial charge in [-0.2, -0.15) is 0 Å². The van der Waals surface area contributed by atoms with Gasteiger partial charge in [-0.25, -0.2) is 0 Å². The average Bonchev–Trinajstić information content (AvgIpc) is 3.28. The van der Waals surface area contributed by atoms with Crippen LogP contribution in [0.3, 0.4) is 0 Å². The summed E-state index contributed by atoms with van der Waals surface area (Å²) in [4.78, 5) is 7.01. The summed E-state index contributed by atoms with van der Waals surface area (Å²) < 4.78 is 5.25. The normalized spacial score (nSPS) is 16.4. The molecule has 1 aliphatic carbocycles. The van der Waals surface area contributed by atoms with E-state index in [4.69, 9.17) is 4.74 Å². The Bertz CT molecular complexity index is 406. The van der Waals surface area contributed by atoms with Gasteiger partial charge in [-0.1, -0.05) is 0 Å². The minimum Gasteiger partial charge on any atom is -0.385 e. The molecule has 1 aliphatic rings. The van der Waals surface area contributed by atoms with E-state index in [9.17, 15) is 0 Å². The number of rotatable bonds is 9. The molecule has 0 amide bonds. The van der Waals surface area contributed by atoms with E-state index in [0.29, 0.717) is 6.04 Å². The first-order chi connectivity index (χ1) is 9.74. The van der Waals surface area contributed by atoms with Gasteiger partial charge in [0.15, 0.2) is 0 Å². The first-order valence-electron chi connectivity index (χ1n) is 7.66. The Kier molecular flexibility index (Phi) is 5.80. The van der Waals surface area contributed by atoms with Gasteiger partial charge in [0, 0.05) is 44.7 Å². The van der Waals surface area contributed by atoms with Gasteiger partial charge in [-0.05, 0) is 44.7 Å². The fourth-order valence-electron chi connectivity index (χ4n) is 2.60. The van der Waals surface area contributed by atoms with Crippen molar-refractivity contribution < 1.29 is 4.74 Å². The van der Waals surface area contributed by atoms with Crippen molar-refractivity contribution in [3.05, 3.63) is 24.0 Å². The molecule has 1 atom stereocenters. The van der Waals surface area contributed by atoms with E-state index in [2.05, 4.69) is 35.1 Å². The fraction of sp³-hybridized carbons (Fsp3) is 0.688. The number of nitrogens with one attached hydrogen (secondary N) is 1. The second-order valence-electron chi connectivity index (χ2n) is 5.61. The number of pyridine rings is 1. The zero-order valence-electron chi connectivity index (χ0n) is 12.9. The summed E-state index contributed by atoms with van der Waals surface area (Å²) in [5.74, 6) is 0.865. The minimum absolute atomic E-state index is 0.620. The van der Waals surface area contributed by atoms with E-state index in [1.807, 2.05) is 12.3 Å². The quantitative estimate of drug-likeness (QED) is 0.753. The number of ether oxygens (including phenoxy) is 1. The predicted molar refractivity (Wildman–Crippen MR) is 82.9 cm³/mol. The number of hydrogen-bond acceptors (Lipinski definition) is 4. The number of anilines is 1. The summed E-state index contributed by atoms with van der Waals surface area (Å²) in [6.45, 7) is 8.04. The highest BCUT2D eigenvalue weighted by atomic mass is 16.5. The third-order valence-electron chi connectivity index (χ3n) is 4.03. The standard InChI is InChI=1S/C16H27N3O/c1-4-17-15-7-8-18-16(11-15)12-19(9-10-20-3)13(2)14-5-6-14/h7-8,11,13-14H,4-6,9-10,12H2,1-3H3,(H,17,18). The molecule has 1 saturated carbocycles. The van der Waals surface area contributed by atoms with Gasteiger partial charge in [0.25, 0.3) is 0 Å². The van der Waals surface area contributed by atoms with Crippen LogP contribution >= 0.6 is 0 Å². The molecule has 1 N–H and O–H groups in total. The molecule has 20 heavy (non-hydrogen) atoms. The fourth-order valence-corrected chi connectivity index (χ4v) is 2.60. The number of methoxy groups -OCH3 is 1. The van der Waals surface area contributed by atoms with Crippen LogP contribution in [0, 0.1) is 5.92 Å². The van der Waals surface area contributed by atoms with Gasteiger partial charge in [0.05, 0.1) is 12.3 Å². The lowest BCUT2D eigenvalue weighted by Crippen LogP contribution is -2.36. The lowest BCUT2D eigenvalue weighted by molar-refractivity contribution is 0.111. The van der Waals surface area contributed by atoms with Crippen LogP contribution < -0.4 is 5.32 Å². The van der Waals surface area contributed by atoms with E-state index in [1.165, 1.54) is 12.8 Å². The Morgan fingerprint density at radius 3 is 2.95 bits per heavy atom. The van der Waals surface area contributed by atoms with Crippen LogP contribution in [0.15, 0.2) is 18.3 Å². The molecule has 112 valence electrons. The van der Waals surface area contributed by atoms with E-state index in [1.54, 1.807) is 7.11 Å². The van der Waals surface area contributed by atoms with Crippen molar-refractivity contribution >= 4 is 5.69 Å². The molecule has 2 rings (SSSR count). The Morgan fingerprint density at radius 1 is 1.50 bits per heavy atom.